The van der Waals surface area contributed by atoms with Crippen LogP contribution in [0.3, 0.4) is 0 Å². The molecular formula is C14H24ClN3O. The van der Waals surface area contributed by atoms with Crippen LogP contribution in [0, 0.1) is 0 Å². The Balaban J connectivity index is 2.34. The van der Waals surface area contributed by atoms with Gasteiger partial charge in [-0.25, -0.2) is 4.98 Å². The van der Waals surface area contributed by atoms with Gasteiger partial charge in [0, 0.05) is 6.54 Å². The standard InChI is InChI=1S/C14H24ClN3O/c1-3-5-6-7-8-10-19-13-12(15)11-17-14(18-13)16-9-4-2/h11H,3-10H2,1-2H3,(H,16,17,18). The monoisotopic (exact) mass is 285 g/mol. The van der Waals surface area contributed by atoms with Crippen LogP contribution in [0.15, 0.2) is 6.20 Å². The molecule has 0 amide bonds. The van der Waals surface area contributed by atoms with Gasteiger partial charge in [0.15, 0.2) is 0 Å². The highest BCUT2D eigenvalue weighted by Crippen LogP contribution is 2.22. The Morgan fingerprint density at radius 3 is 2.68 bits per heavy atom. The number of aromatic nitrogens is 2. The van der Waals surface area contributed by atoms with Crippen molar-refractivity contribution >= 4 is 17.5 Å². The van der Waals surface area contributed by atoms with Gasteiger partial charge in [0.25, 0.3) is 0 Å². The summed E-state index contributed by atoms with van der Waals surface area (Å²) in [6.45, 7) is 5.81. The molecule has 19 heavy (non-hydrogen) atoms. The number of nitrogens with one attached hydrogen (secondary N) is 1. The maximum atomic E-state index is 6.02. The third-order valence-electron chi connectivity index (χ3n) is 2.73. The van der Waals surface area contributed by atoms with Crippen LogP contribution in [0.5, 0.6) is 5.88 Å². The molecule has 0 aliphatic heterocycles. The van der Waals surface area contributed by atoms with E-state index in [9.17, 15) is 0 Å². The fourth-order valence-electron chi connectivity index (χ4n) is 1.65. The summed E-state index contributed by atoms with van der Waals surface area (Å²) >= 11 is 6.02. The number of anilines is 1. The summed E-state index contributed by atoms with van der Waals surface area (Å²) in [5, 5.41) is 3.59. The minimum Gasteiger partial charge on any atom is -0.476 e. The molecule has 1 aromatic heterocycles. The van der Waals surface area contributed by atoms with E-state index in [1.807, 2.05) is 0 Å². The van der Waals surface area contributed by atoms with E-state index in [2.05, 4.69) is 29.1 Å². The number of hydrogen-bond acceptors (Lipinski definition) is 4. The minimum atomic E-state index is 0.468. The van der Waals surface area contributed by atoms with Crippen LogP contribution >= 0.6 is 11.6 Å². The lowest BCUT2D eigenvalue weighted by Crippen LogP contribution is -2.06. The van der Waals surface area contributed by atoms with E-state index in [0.717, 1.165) is 19.4 Å². The third-order valence-corrected chi connectivity index (χ3v) is 2.99. The lowest BCUT2D eigenvalue weighted by molar-refractivity contribution is 0.293. The molecule has 0 saturated heterocycles. The first-order valence-electron chi connectivity index (χ1n) is 7.17. The molecule has 0 aliphatic rings. The highest BCUT2D eigenvalue weighted by molar-refractivity contribution is 6.31. The van der Waals surface area contributed by atoms with Gasteiger partial charge >= 0.3 is 0 Å². The van der Waals surface area contributed by atoms with E-state index in [1.54, 1.807) is 6.20 Å². The molecule has 1 aromatic rings. The molecule has 0 bridgehead atoms. The average molecular weight is 286 g/mol. The molecule has 1 rings (SSSR count). The first-order valence-corrected chi connectivity index (χ1v) is 7.55. The molecule has 108 valence electrons. The SMILES string of the molecule is CCCCCCCOc1nc(NCCC)ncc1Cl. The van der Waals surface area contributed by atoms with Gasteiger partial charge in [-0.1, -0.05) is 51.1 Å². The number of hydrogen-bond donors (Lipinski definition) is 1. The molecular weight excluding hydrogens is 262 g/mol. The van der Waals surface area contributed by atoms with Crippen molar-refractivity contribution < 1.29 is 4.74 Å². The Bertz CT molecular complexity index is 361. The van der Waals surface area contributed by atoms with Gasteiger partial charge in [-0.15, -0.1) is 0 Å². The zero-order valence-electron chi connectivity index (χ0n) is 11.9. The summed E-state index contributed by atoms with van der Waals surface area (Å²) in [4.78, 5) is 8.38. The van der Waals surface area contributed by atoms with Gasteiger partial charge in [0.1, 0.15) is 5.02 Å². The number of halogens is 1. The fourth-order valence-corrected chi connectivity index (χ4v) is 1.79. The molecule has 1 N–H and O–H groups in total. The largest absolute Gasteiger partial charge is 0.476 e. The zero-order valence-corrected chi connectivity index (χ0v) is 12.7. The maximum Gasteiger partial charge on any atom is 0.237 e. The predicted octanol–water partition coefficient (Wildman–Crippen LogP) is 4.30. The van der Waals surface area contributed by atoms with Crippen LogP contribution < -0.4 is 10.1 Å². The Hall–Kier alpha value is -1.03. The first kappa shape index (κ1) is 16.0. The van der Waals surface area contributed by atoms with Crippen molar-refractivity contribution in [2.75, 3.05) is 18.5 Å². The Morgan fingerprint density at radius 2 is 1.95 bits per heavy atom. The van der Waals surface area contributed by atoms with E-state index in [4.69, 9.17) is 16.3 Å². The molecule has 1 heterocycles. The molecule has 0 aliphatic carbocycles. The zero-order chi connectivity index (χ0) is 13.9. The van der Waals surface area contributed by atoms with Crippen LogP contribution in [0.2, 0.25) is 5.02 Å². The first-order chi connectivity index (χ1) is 9.27. The Morgan fingerprint density at radius 1 is 1.16 bits per heavy atom. The van der Waals surface area contributed by atoms with E-state index in [0.29, 0.717) is 23.5 Å². The van der Waals surface area contributed by atoms with Crippen molar-refractivity contribution in [2.45, 2.75) is 52.4 Å². The molecule has 0 fully saturated rings. The van der Waals surface area contributed by atoms with Crippen LogP contribution in [0.4, 0.5) is 5.95 Å². The van der Waals surface area contributed by atoms with Crippen molar-refractivity contribution in [1.29, 1.82) is 0 Å². The Labute approximate surface area is 120 Å². The lowest BCUT2D eigenvalue weighted by Gasteiger charge is -2.09. The van der Waals surface area contributed by atoms with Crippen molar-refractivity contribution in [3.63, 3.8) is 0 Å². The summed E-state index contributed by atoms with van der Waals surface area (Å²) in [6.07, 6.45) is 8.65. The second-order valence-corrected chi connectivity index (χ2v) is 4.94. The minimum absolute atomic E-state index is 0.468. The summed E-state index contributed by atoms with van der Waals surface area (Å²) in [5.74, 6) is 1.05. The van der Waals surface area contributed by atoms with Gasteiger partial charge in [-0.2, -0.15) is 4.98 Å². The summed E-state index contributed by atoms with van der Waals surface area (Å²) < 4.78 is 5.61. The molecule has 0 unspecified atom stereocenters. The normalized spacial score (nSPS) is 10.5. The number of ether oxygens (including phenoxy) is 1. The third kappa shape index (κ3) is 6.62. The number of rotatable bonds is 10. The van der Waals surface area contributed by atoms with Crippen molar-refractivity contribution in [2.24, 2.45) is 0 Å². The van der Waals surface area contributed by atoms with Gasteiger partial charge in [-0.3, -0.25) is 0 Å². The molecule has 0 aromatic carbocycles. The van der Waals surface area contributed by atoms with E-state index in [1.165, 1.54) is 25.7 Å². The van der Waals surface area contributed by atoms with Gasteiger partial charge in [0.05, 0.1) is 12.8 Å². The molecule has 4 nitrogen and oxygen atoms in total. The number of unbranched alkanes of at least 4 members (excludes halogenated alkanes) is 4. The summed E-state index contributed by atoms with van der Waals surface area (Å²) in [7, 11) is 0. The smallest absolute Gasteiger partial charge is 0.237 e. The van der Waals surface area contributed by atoms with Crippen LogP contribution in [0.1, 0.15) is 52.4 Å². The van der Waals surface area contributed by atoms with E-state index in [-0.39, 0.29) is 0 Å². The summed E-state index contributed by atoms with van der Waals surface area (Å²) in [5.41, 5.74) is 0. The van der Waals surface area contributed by atoms with Gasteiger partial charge in [-0.05, 0) is 12.8 Å². The molecule has 0 atom stereocenters. The highest BCUT2D eigenvalue weighted by atomic mass is 35.5. The predicted molar refractivity (Wildman–Crippen MR) is 80.1 cm³/mol. The quantitative estimate of drug-likeness (QED) is 0.651. The highest BCUT2D eigenvalue weighted by Gasteiger charge is 2.06. The van der Waals surface area contributed by atoms with Crippen LogP contribution in [0.25, 0.3) is 0 Å². The molecule has 0 radical (unpaired) electrons. The van der Waals surface area contributed by atoms with Gasteiger partial charge in [0.2, 0.25) is 11.8 Å². The Kier molecular flexibility index (Phi) is 8.30. The molecule has 0 saturated carbocycles. The average Bonchev–Trinajstić information content (AvgIpc) is 2.43. The van der Waals surface area contributed by atoms with Crippen LogP contribution in [-0.4, -0.2) is 23.1 Å². The van der Waals surface area contributed by atoms with Crippen LogP contribution in [-0.2, 0) is 0 Å². The van der Waals surface area contributed by atoms with E-state index >= 15 is 0 Å². The lowest BCUT2D eigenvalue weighted by atomic mass is 10.2. The second kappa shape index (κ2) is 9.84. The maximum absolute atomic E-state index is 6.02. The summed E-state index contributed by atoms with van der Waals surface area (Å²) in [6, 6.07) is 0. The van der Waals surface area contributed by atoms with Crippen molar-refractivity contribution in [1.82, 2.24) is 9.97 Å². The molecule has 5 heteroatoms. The topological polar surface area (TPSA) is 47.0 Å². The van der Waals surface area contributed by atoms with Gasteiger partial charge < -0.3 is 10.1 Å². The number of nitrogens with zero attached hydrogens (tertiary/aromatic N) is 2. The molecule has 0 spiro atoms. The van der Waals surface area contributed by atoms with Crippen molar-refractivity contribution in [3.8, 4) is 5.88 Å². The second-order valence-electron chi connectivity index (χ2n) is 4.54. The van der Waals surface area contributed by atoms with E-state index < -0.39 is 0 Å². The fraction of sp³-hybridized carbons (Fsp3) is 0.714. The van der Waals surface area contributed by atoms with Crippen molar-refractivity contribution in [3.05, 3.63) is 11.2 Å².